The van der Waals surface area contributed by atoms with Gasteiger partial charge in [-0.25, -0.2) is 6.08 Å². The SMILES string of the molecule is CC.CC.CO.O=[C-]C=Cc1ccccc1.[Y]. The van der Waals surface area contributed by atoms with Crippen molar-refractivity contribution in [2.45, 2.75) is 27.7 Å². The van der Waals surface area contributed by atoms with Crippen molar-refractivity contribution in [2.24, 2.45) is 0 Å². The van der Waals surface area contributed by atoms with E-state index in [-0.39, 0.29) is 32.7 Å². The summed E-state index contributed by atoms with van der Waals surface area (Å²) in [6, 6.07) is 9.62. The normalized spacial score (nSPS) is 6.94. The molecule has 1 radical (unpaired) electrons. The molecule has 1 rings (SSSR count). The summed E-state index contributed by atoms with van der Waals surface area (Å²) in [7, 11) is 1.00. The molecule has 0 unspecified atom stereocenters. The first kappa shape index (κ1) is 25.5. The van der Waals surface area contributed by atoms with Crippen molar-refractivity contribution >= 4 is 12.4 Å². The fourth-order valence-electron chi connectivity index (χ4n) is 0.694. The van der Waals surface area contributed by atoms with Gasteiger partial charge in [-0.15, -0.1) is 5.56 Å². The van der Waals surface area contributed by atoms with E-state index in [2.05, 4.69) is 0 Å². The van der Waals surface area contributed by atoms with Gasteiger partial charge in [0.2, 0.25) is 0 Å². The fraction of sp³-hybridized carbons (Fsp3) is 0.357. The quantitative estimate of drug-likeness (QED) is 0.671. The second kappa shape index (κ2) is 29.6. The number of hydrogen-bond acceptors (Lipinski definition) is 2. The van der Waals surface area contributed by atoms with Crippen molar-refractivity contribution in [3.05, 3.63) is 42.0 Å². The maximum atomic E-state index is 9.77. The van der Waals surface area contributed by atoms with Gasteiger partial charge in [-0.1, -0.05) is 58.0 Å². The first-order valence-electron chi connectivity index (χ1n) is 5.47. The van der Waals surface area contributed by atoms with Crippen LogP contribution in [0.25, 0.3) is 6.08 Å². The molecule has 0 aromatic heterocycles. The van der Waals surface area contributed by atoms with Crippen LogP contribution in [0.3, 0.4) is 0 Å². The van der Waals surface area contributed by atoms with E-state index in [0.717, 1.165) is 12.7 Å². The Morgan fingerprint density at radius 3 is 1.76 bits per heavy atom. The monoisotopic (exact) mass is 312 g/mol. The van der Waals surface area contributed by atoms with E-state index >= 15 is 0 Å². The first-order valence-corrected chi connectivity index (χ1v) is 5.47. The van der Waals surface area contributed by atoms with E-state index in [0.29, 0.717) is 0 Å². The van der Waals surface area contributed by atoms with Gasteiger partial charge < -0.3 is 9.90 Å². The number of benzene rings is 1. The predicted octanol–water partition coefficient (Wildman–Crippen LogP) is 3.47. The number of rotatable bonds is 2. The zero-order valence-electron chi connectivity index (χ0n) is 11.5. The molecule has 0 atom stereocenters. The Morgan fingerprint density at radius 1 is 1.00 bits per heavy atom. The molecule has 0 saturated carbocycles. The zero-order valence-corrected chi connectivity index (χ0v) is 14.3. The number of allylic oxidation sites excluding steroid dienone is 1. The molecular formula is C14H23O2Y-. The van der Waals surface area contributed by atoms with Gasteiger partial charge in [-0.2, -0.15) is 6.08 Å². The molecule has 0 saturated heterocycles. The van der Waals surface area contributed by atoms with Crippen LogP contribution >= 0.6 is 0 Å². The molecule has 0 spiro atoms. The molecule has 0 fully saturated rings. The minimum absolute atomic E-state index is 0. The Bertz CT molecular complexity index is 233. The van der Waals surface area contributed by atoms with Crippen LogP contribution in [0.5, 0.6) is 0 Å². The summed E-state index contributed by atoms with van der Waals surface area (Å²) in [5.74, 6) is 0. The predicted molar refractivity (Wildman–Crippen MR) is 72.0 cm³/mol. The second-order valence-corrected chi connectivity index (χ2v) is 1.86. The van der Waals surface area contributed by atoms with Gasteiger partial charge in [0.05, 0.1) is 0 Å². The second-order valence-electron chi connectivity index (χ2n) is 1.86. The van der Waals surface area contributed by atoms with Crippen LogP contribution < -0.4 is 0 Å². The van der Waals surface area contributed by atoms with E-state index in [1.165, 1.54) is 6.08 Å². The van der Waals surface area contributed by atoms with Crippen LogP contribution in [0, 0.1) is 0 Å². The van der Waals surface area contributed by atoms with Gasteiger partial charge >= 0.3 is 0 Å². The largest absolute Gasteiger partial charge is 0.419 e. The Kier molecular flexibility index (Phi) is 44.5. The standard InChI is InChI=1S/C9H7O.2C2H6.CH4O.Y/c10-8-4-7-9-5-2-1-3-6-9;3*1-2;/h1-7H;2*1-2H3;2H,1H3;/q-1;;;;. The average molecular weight is 312 g/mol. The molecule has 0 aliphatic heterocycles. The van der Waals surface area contributed by atoms with E-state index in [1.807, 2.05) is 58.0 Å². The minimum atomic E-state index is 0. The Labute approximate surface area is 131 Å². The third-order valence-corrected chi connectivity index (χ3v) is 1.14. The summed E-state index contributed by atoms with van der Waals surface area (Å²) < 4.78 is 0. The summed E-state index contributed by atoms with van der Waals surface area (Å²) in [4.78, 5) is 9.77. The summed E-state index contributed by atoms with van der Waals surface area (Å²) in [5, 5.41) is 7.00. The van der Waals surface area contributed by atoms with E-state index in [1.54, 1.807) is 12.4 Å². The zero-order chi connectivity index (χ0) is 13.2. The molecule has 0 aliphatic rings. The number of aliphatic hydroxyl groups is 1. The summed E-state index contributed by atoms with van der Waals surface area (Å²) in [6.45, 7) is 8.00. The van der Waals surface area contributed by atoms with Crippen molar-refractivity contribution in [1.82, 2.24) is 0 Å². The topological polar surface area (TPSA) is 37.3 Å². The van der Waals surface area contributed by atoms with Crippen LogP contribution in [0.15, 0.2) is 36.4 Å². The van der Waals surface area contributed by atoms with Crippen LogP contribution in [-0.4, -0.2) is 18.5 Å². The molecule has 1 aromatic rings. The maximum absolute atomic E-state index is 9.77. The molecule has 3 heteroatoms. The average Bonchev–Trinajstić information content (AvgIpc) is 2.44. The van der Waals surface area contributed by atoms with Crippen molar-refractivity contribution in [1.29, 1.82) is 0 Å². The van der Waals surface area contributed by atoms with Crippen LogP contribution in [-0.2, 0) is 37.5 Å². The van der Waals surface area contributed by atoms with Crippen molar-refractivity contribution < 1.29 is 42.6 Å². The minimum Gasteiger partial charge on any atom is -0.419 e. The van der Waals surface area contributed by atoms with E-state index < -0.39 is 0 Å². The van der Waals surface area contributed by atoms with Crippen LogP contribution in [0.1, 0.15) is 33.3 Å². The first-order chi connectivity index (χ1) is 7.93. The molecule has 0 bridgehead atoms. The molecule has 0 aliphatic carbocycles. The molecule has 0 amide bonds. The Hall–Kier alpha value is -0.306. The van der Waals surface area contributed by atoms with Crippen LogP contribution in [0.2, 0.25) is 0 Å². The van der Waals surface area contributed by atoms with Gasteiger partial charge in [0.1, 0.15) is 0 Å². The van der Waals surface area contributed by atoms with Crippen molar-refractivity contribution in [3.63, 3.8) is 0 Å². The molecule has 1 N–H and O–H groups in total. The number of aliphatic hydroxyl groups excluding tert-OH is 1. The van der Waals surface area contributed by atoms with Gasteiger partial charge in [0, 0.05) is 39.8 Å². The van der Waals surface area contributed by atoms with Crippen LogP contribution in [0.4, 0.5) is 0 Å². The fourth-order valence-corrected chi connectivity index (χ4v) is 0.694. The van der Waals surface area contributed by atoms with Gasteiger partial charge in [0.25, 0.3) is 0 Å². The molecule has 17 heavy (non-hydrogen) atoms. The summed E-state index contributed by atoms with van der Waals surface area (Å²) in [6.07, 6.45) is 4.76. The van der Waals surface area contributed by atoms with E-state index in [9.17, 15) is 4.79 Å². The van der Waals surface area contributed by atoms with Crippen molar-refractivity contribution in [2.75, 3.05) is 7.11 Å². The summed E-state index contributed by atoms with van der Waals surface area (Å²) >= 11 is 0. The molecule has 2 nitrogen and oxygen atoms in total. The van der Waals surface area contributed by atoms with Crippen molar-refractivity contribution in [3.8, 4) is 0 Å². The number of hydrogen-bond donors (Lipinski definition) is 1. The molecule has 1 aromatic carbocycles. The van der Waals surface area contributed by atoms with Gasteiger partial charge in [0.15, 0.2) is 0 Å². The third kappa shape index (κ3) is 21.5. The Morgan fingerprint density at radius 2 is 1.41 bits per heavy atom. The van der Waals surface area contributed by atoms with E-state index in [4.69, 9.17) is 5.11 Å². The summed E-state index contributed by atoms with van der Waals surface area (Å²) in [5.41, 5.74) is 1.02. The molecule has 95 valence electrons. The number of carbonyl (C=O) groups excluding carboxylic acids is 1. The maximum Gasteiger partial charge on any atom is 0.0319 e. The Balaban J connectivity index is -0.000000106. The van der Waals surface area contributed by atoms with Gasteiger partial charge in [-0.05, 0) is 6.29 Å². The third-order valence-electron chi connectivity index (χ3n) is 1.14. The molecular weight excluding hydrogens is 289 g/mol. The van der Waals surface area contributed by atoms with Gasteiger partial charge in [-0.3, -0.25) is 0 Å². The smallest absolute Gasteiger partial charge is 0.0319 e. The molecule has 0 heterocycles.